The summed E-state index contributed by atoms with van der Waals surface area (Å²) in [6, 6.07) is 6.79. The minimum absolute atomic E-state index is 0.111. The van der Waals surface area contributed by atoms with Gasteiger partial charge in [0.05, 0.1) is 16.9 Å². The summed E-state index contributed by atoms with van der Waals surface area (Å²) in [5.41, 5.74) is -0.979. The molecule has 0 spiro atoms. The smallest absolute Gasteiger partial charge is 0.219 e. The summed E-state index contributed by atoms with van der Waals surface area (Å²) in [6.45, 7) is 8.32. The van der Waals surface area contributed by atoms with Crippen molar-refractivity contribution in [2.75, 3.05) is 70.3 Å². The highest BCUT2D eigenvalue weighted by molar-refractivity contribution is 5.73. The van der Waals surface area contributed by atoms with Crippen LogP contribution < -0.4 is 4.90 Å². The number of hydrogen-bond donors (Lipinski definition) is 2. The molecule has 0 saturated carbocycles. The molecule has 172 valence electrons. The van der Waals surface area contributed by atoms with Crippen molar-refractivity contribution < 1.29 is 19.4 Å². The second kappa shape index (κ2) is 9.02. The van der Waals surface area contributed by atoms with Crippen molar-refractivity contribution in [2.24, 2.45) is 0 Å². The van der Waals surface area contributed by atoms with Gasteiger partial charge in [0.2, 0.25) is 5.91 Å². The van der Waals surface area contributed by atoms with E-state index in [-0.39, 0.29) is 11.7 Å². The fourth-order valence-corrected chi connectivity index (χ4v) is 5.29. The zero-order valence-corrected chi connectivity index (χ0v) is 18.5. The van der Waals surface area contributed by atoms with Crippen molar-refractivity contribution in [1.29, 1.82) is 0 Å². The highest BCUT2D eigenvalue weighted by Crippen LogP contribution is 2.31. The van der Waals surface area contributed by atoms with E-state index in [1.807, 2.05) is 15.9 Å². The number of likely N-dealkylation sites (tertiary alicyclic amines) is 1. The fourth-order valence-electron chi connectivity index (χ4n) is 5.29. The number of benzene rings is 1. The molecule has 3 fully saturated rings. The summed E-state index contributed by atoms with van der Waals surface area (Å²) in [5, 5.41) is 22.3. The molecule has 3 saturated heterocycles. The van der Waals surface area contributed by atoms with Crippen molar-refractivity contribution in [2.45, 2.75) is 37.4 Å². The average molecular weight is 435 g/mol. The lowest BCUT2D eigenvalue weighted by Gasteiger charge is -2.41. The first kappa shape index (κ1) is 22.5. The van der Waals surface area contributed by atoms with Crippen LogP contribution in [0.5, 0.6) is 0 Å². The molecule has 0 unspecified atom stereocenters. The number of hydrogen-bond acceptors (Lipinski definition) is 6. The Morgan fingerprint density at radius 1 is 0.903 bits per heavy atom. The first-order valence-electron chi connectivity index (χ1n) is 11.4. The molecule has 1 aromatic carbocycles. The summed E-state index contributed by atoms with van der Waals surface area (Å²) < 4.78 is 14.1. The van der Waals surface area contributed by atoms with Gasteiger partial charge in [-0.2, -0.15) is 0 Å². The van der Waals surface area contributed by atoms with Gasteiger partial charge in [0.1, 0.15) is 5.82 Å². The van der Waals surface area contributed by atoms with Crippen LogP contribution in [0.3, 0.4) is 0 Å². The maximum atomic E-state index is 14.1. The van der Waals surface area contributed by atoms with Crippen molar-refractivity contribution in [3.8, 4) is 0 Å². The van der Waals surface area contributed by atoms with Crippen molar-refractivity contribution in [3.63, 3.8) is 0 Å². The first-order chi connectivity index (χ1) is 14.8. The van der Waals surface area contributed by atoms with Gasteiger partial charge in [-0.05, 0) is 31.4 Å². The van der Waals surface area contributed by atoms with Gasteiger partial charge in [0.15, 0.2) is 0 Å². The third-order valence-corrected chi connectivity index (χ3v) is 7.15. The second-order valence-corrected chi connectivity index (χ2v) is 9.63. The third kappa shape index (κ3) is 5.37. The SMILES string of the molecule is CC(=O)N1CCN(C[C@@]2(O)CCN(CC3(O)CCN(c4ccccc4F)CC3)C2)CC1. The normalized spacial score (nSPS) is 27.6. The number of anilines is 1. The highest BCUT2D eigenvalue weighted by atomic mass is 19.1. The molecule has 1 aromatic rings. The molecule has 7 nitrogen and oxygen atoms in total. The summed E-state index contributed by atoms with van der Waals surface area (Å²) >= 11 is 0. The minimum atomic E-state index is -0.805. The predicted molar refractivity (Wildman–Crippen MR) is 117 cm³/mol. The summed E-state index contributed by atoms with van der Waals surface area (Å²) in [7, 11) is 0. The first-order valence-corrected chi connectivity index (χ1v) is 11.4. The predicted octanol–water partition coefficient (Wildman–Crippen LogP) is 0.758. The molecule has 31 heavy (non-hydrogen) atoms. The van der Waals surface area contributed by atoms with E-state index in [9.17, 15) is 19.4 Å². The fraction of sp³-hybridized carbons (Fsp3) is 0.696. The Morgan fingerprint density at radius 3 is 2.16 bits per heavy atom. The van der Waals surface area contributed by atoms with Crippen LogP contribution in [0.15, 0.2) is 24.3 Å². The van der Waals surface area contributed by atoms with Gasteiger partial charge < -0.3 is 20.0 Å². The molecule has 1 amide bonds. The number of aliphatic hydroxyl groups is 2. The number of β-amino-alcohol motifs (C(OH)–C–C–N with tert-alkyl or cyclic N) is 2. The molecule has 3 heterocycles. The number of para-hydroxylation sites is 1. The molecule has 3 aliphatic heterocycles. The standard InChI is InChI=1S/C23H35FN4O3/c1-19(29)27-14-12-25(13-15-27)17-23(31)6-9-26(18-23)16-22(30)7-10-28(11-8-22)21-5-3-2-4-20(21)24/h2-5,30-31H,6-18H2,1H3/t23-/m0/s1. The molecule has 0 aliphatic carbocycles. The van der Waals surface area contributed by atoms with Crippen LogP contribution >= 0.6 is 0 Å². The van der Waals surface area contributed by atoms with E-state index in [0.29, 0.717) is 70.8 Å². The molecular weight excluding hydrogens is 399 g/mol. The molecule has 1 atom stereocenters. The molecule has 0 radical (unpaired) electrons. The highest BCUT2D eigenvalue weighted by Gasteiger charge is 2.42. The van der Waals surface area contributed by atoms with E-state index in [4.69, 9.17) is 0 Å². The maximum absolute atomic E-state index is 14.1. The van der Waals surface area contributed by atoms with Gasteiger partial charge in [-0.25, -0.2) is 4.39 Å². The monoisotopic (exact) mass is 434 g/mol. The van der Waals surface area contributed by atoms with Crippen molar-refractivity contribution in [1.82, 2.24) is 14.7 Å². The molecule has 0 aromatic heterocycles. The third-order valence-electron chi connectivity index (χ3n) is 7.15. The van der Waals surface area contributed by atoms with E-state index < -0.39 is 11.2 Å². The van der Waals surface area contributed by atoms with Gasteiger partial charge in [-0.15, -0.1) is 0 Å². The van der Waals surface area contributed by atoms with E-state index in [1.165, 1.54) is 6.07 Å². The number of carbonyl (C=O) groups excluding carboxylic acids is 1. The molecular formula is C23H35FN4O3. The lowest BCUT2D eigenvalue weighted by Crippen LogP contribution is -2.54. The van der Waals surface area contributed by atoms with E-state index in [1.54, 1.807) is 19.1 Å². The van der Waals surface area contributed by atoms with Gasteiger partial charge in [0, 0.05) is 72.4 Å². The zero-order valence-electron chi connectivity index (χ0n) is 18.5. The lowest BCUT2D eigenvalue weighted by molar-refractivity contribution is -0.130. The van der Waals surface area contributed by atoms with Crippen molar-refractivity contribution in [3.05, 3.63) is 30.1 Å². The van der Waals surface area contributed by atoms with Gasteiger partial charge in [-0.3, -0.25) is 14.6 Å². The number of piperidine rings is 1. The summed E-state index contributed by atoms with van der Waals surface area (Å²) in [4.78, 5) is 19.8. The van der Waals surface area contributed by atoms with Crippen LogP contribution in [-0.2, 0) is 4.79 Å². The van der Waals surface area contributed by atoms with Crippen LogP contribution in [0.25, 0.3) is 0 Å². The summed E-state index contributed by atoms with van der Waals surface area (Å²) in [5.74, 6) is -0.110. The number of amides is 1. The number of nitrogens with zero attached hydrogens (tertiary/aromatic N) is 4. The topological polar surface area (TPSA) is 70.5 Å². The van der Waals surface area contributed by atoms with Crippen LogP contribution in [-0.4, -0.2) is 107 Å². The lowest BCUT2D eigenvalue weighted by atomic mass is 9.90. The number of piperazine rings is 1. The number of carbonyl (C=O) groups is 1. The Bertz CT molecular complexity index is 778. The minimum Gasteiger partial charge on any atom is -0.388 e. The maximum Gasteiger partial charge on any atom is 0.219 e. The molecule has 8 heteroatoms. The van der Waals surface area contributed by atoms with Gasteiger partial charge in [0.25, 0.3) is 0 Å². The van der Waals surface area contributed by atoms with Crippen LogP contribution in [0.4, 0.5) is 10.1 Å². The Hall–Kier alpha value is -1.74. The molecule has 4 rings (SSSR count). The molecule has 0 bridgehead atoms. The average Bonchev–Trinajstić information content (AvgIpc) is 3.09. The molecule has 3 aliphatic rings. The van der Waals surface area contributed by atoms with Gasteiger partial charge >= 0.3 is 0 Å². The van der Waals surface area contributed by atoms with Crippen LogP contribution in [0, 0.1) is 5.82 Å². The zero-order chi connectivity index (χ0) is 22.1. The van der Waals surface area contributed by atoms with E-state index >= 15 is 0 Å². The Balaban J connectivity index is 1.25. The number of halogens is 1. The Labute approximate surface area is 184 Å². The van der Waals surface area contributed by atoms with E-state index in [0.717, 1.165) is 19.6 Å². The van der Waals surface area contributed by atoms with Crippen LogP contribution in [0.1, 0.15) is 26.2 Å². The Morgan fingerprint density at radius 2 is 1.52 bits per heavy atom. The van der Waals surface area contributed by atoms with Crippen molar-refractivity contribution >= 4 is 11.6 Å². The number of rotatable bonds is 5. The quantitative estimate of drug-likeness (QED) is 0.713. The van der Waals surface area contributed by atoms with Crippen LogP contribution in [0.2, 0.25) is 0 Å². The molecule has 2 N–H and O–H groups in total. The second-order valence-electron chi connectivity index (χ2n) is 9.63. The summed E-state index contributed by atoms with van der Waals surface area (Å²) in [6.07, 6.45) is 1.86. The largest absolute Gasteiger partial charge is 0.388 e. The Kier molecular flexibility index (Phi) is 6.53. The van der Waals surface area contributed by atoms with E-state index in [2.05, 4.69) is 9.80 Å². The van der Waals surface area contributed by atoms with Gasteiger partial charge in [-0.1, -0.05) is 12.1 Å².